The van der Waals surface area contributed by atoms with Crippen LogP contribution in [0.1, 0.15) is 11.1 Å². The number of aryl methyl sites for hydroxylation is 1. The molecule has 1 saturated heterocycles. The first-order valence-electron chi connectivity index (χ1n) is 8.20. The molecule has 0 unspecified atom stereocenters. The summed E-state index contributed by atoms with van der Waals surface area (Å²) in [6.07, 6.45) is 0. The number of nitrogens with zero attached hydrogens (tertiary/aromatic N) is 2. The Labute approximate surface area is 151 Å². The molecule has 3 rings (SSSR count). The van der Waals surface area contributed by atoms with Crippen LogP contribution in [0.3, 0.4) is 0 Å². The molecule has 0 bridgehead atoms. The molecule has 1 fully saturated rings. The van der Waals surface area contributed by atoms with Crippen LogP contribution >= 0.6 is 15.9 Å². The number of piperazine rings is 1. The molecule has 0 atom stereocenters. The summed E-state index contributed by atoms with van der Waals surface area (Å²) in [5.41, 5.74) is 3.51. The lowest BCUT2D eigenvalue weighted by Gasteiger charge is -2.35. The third-order valence-corrected chi connectivity index (χ3v) is 4.88. The maximum absolute atomic E-state index is 12.4. The van der Waals surface area contributed by atoms with Crippen molar-refractivity contribution in [1.82, 2.24) is 9.80 Å². The van der Waals surface area contributed by atoms with Gasteiger partial charge in [0.25, 0.3) is 0 Å². The van der Waals surface area contributed by atoms with Crippen LogP contribution in [-0.4, -0.2) is 42.0 Å². The van der Waals surface area contributed by atoms with Gasteiger partial charge in [0.1, 0.15) is 0 Å². The van der Waals surface area contributed by atoms with E-state index in [0.29, 0.717) is 0 Å². The van der Waals surface area contributed by atoms with Crippen LogP contribution in [-0.2, 0) is 6.54 Å². The molecule has 1 N–H and O–H groups in total. The number of carbonyl (C=O) groups excluding carboxylic acids is 1. The van der Waals surface area contributed by atoms with Crippen molar-refractivity contribution >= 4 is 27.6 Å². The number of benzene rings is 2. The van der Waals surface area contributed by atoms with Gasteiger partial charge in [-0.15, -0.1) is 0 Å². The summed E-state index contributed by atoms with van der Waals surface area (Å²) >= 11 is 3.42. The lowest BCUT2D eigenvalue weighted by atomic mass is 10.1. The molecule has 0 radical (unpaired) electrons. The molecule has 1 aliphatic rings. The van der Waals surface area contributed by atoms with E-state index in [9.17, 15) is 4.79 Å². The first-order chi connectivity index (χ1) is 11.6. The minimum absolute atomic E-state index is 0.0244. The standard InChI is InChI=1S/C19H22BrN3O/c1-15-5-2-3-6-16(15)14-22-9-11-23(12-10-22)19(24)21-18-8-4-7-17(20)13-18/h2-8,13H,9-12,14H2,1H3,(H,21,24). The molecular weight excluding hydrogens is 366 g/mol. The van der Waals surface area contributed by atoms with E-state index in [1.54, 1.807) is 0 Å². The minimum atomic E-state index is -0.0244. The average Bonchev–Trinajstić information content (AvgIpc) is 2.57. The molecule has 4 nitrogen and oxygen atoms in total. The first-order valence-corrected chi connectivity index (χ1v) is 8.99. The second-order valence-corrected chi connectivity index (χ2v) is 7.05. The van der Waals surface area contributed by atoms with Gasteiger partial charge in [0, 0.05) is 42.9 Å². The minimum Gasteiger partial charge on any atom is -0.322 e. The van der Waals surface area contributed by atoms with Crippen molar-refractivity contribution in [1.29, 1.82) is 0 Å². The topological polar surface area (TPSA) is 35.6 Å². The number of urea groups is 1. The summed E-state index contributed by atoms with van der Waals surface area (Å²) in [5.74, 6) is 0. The van der Waals surface area contributed by atoms with Crippen molar-refractivity contribution in [2.24, 2.45) is 0 Å². The lowest BCUT2D eigenvalue weighted by molar-refractivity contribution is 0.143. The molecule has 0 aromatic heterocycles. The maximum Gasteiger partial charge on any atom is 0.321 e. The molecule has 2 aromatic rings. The van der Waals surface area contributed by atoms with Gasteiger partial charge in [0.05, 0.1) is 0 Å². The van der Waals surface area contributed by atoms with E-state index in [4.69, 9.17) is 0 Å². The molecule has 2 aromatic carbocycles. The van der Waals surface area contributed by atoms with Crippen molar-refractivity contribution in [3.05, 3.63) is 64.1 Å². The van der Waals surface area contributed by atoms with E-state index in [1.807, 2.05) is 29.2 Å². The van der Waals surface area contributed by atoms with Crippen molar-refractivity contribution < 1.29 is 4.79 Å². The summed E-state index contributed by atoms with van der Waals surface area (Å²) in [7, 11) is 0. The number of rotatable bonds is 3. The molecule has 0 spiro atoms. The van der Waals surface area contributed by atoms with Crippen LogP contribution < -0.4 is 5.32 Å². The normalized spacial score (nSPS) is 15.3. The monoisotopic (exact) mass is 387 g/mol. The van der Waals surface area contributed by atoms with Gasteiger partial charge in [-0.3, -0.25) is 4.90 Å². The zero-order valence-corrected chi connectivity index (χ0v) is 15.4. The quantitative estimate of drug-likeness (QED) is 0.859. The number of carbonyl (C=O) groups is 1. The van der Waals surface area contributed by atoms with Gasteiger partial charge in [-0.2, -0.15) is 0 Å². The van der Waals surface area contributed by atoms with E-state index < -0.39 is 0 Å². The number of hydrogen-bond acceptors (Lipinski definition) is 2. The van der Waals surface area contributed by atoms with Crippen molar-refractivity contribution in [3.63, 3.8) is 0 Å². The van der Waals surface area contributed by atoms with Crippen LogP contribution in [0.5, 0.6) is 0 Å². The fourth-order valence-corrected chi connectivity index (χ4v) is 3.31. The number of hydrogen-bond donors (Lipinski definition) is 1. The Hall–Kier alpha value is -1.85. The molecular formula is C19H22BrN3O. The zero-order valence-electron chi connectivity index (χ0n) is 13.8. The third-order valence-electron chi connectivity index (χ3n) is 4.39. The molecule has 1 aliphatic heterocycles. The zero-order chi connectivity index (χ0) is 16.9. The van der Waals surface area contributed by atoms with Gasteiger partial charge in [0.2, 0.25) is 0 Å². The maximum atomic E-state index is 12.4. The average molecular weight is 388 g/mol. The molecule has 0 aliphatic carbocycles. The third kappa shape index (κ3) is 4.36. The van der Waals surface area contributed by atoms with Gasteiger partial charge in [-0.05, 0) is 36.2 Å². The van der Waals surface area contributed by atoms with Gasteiger partial charge in [-0.25, -0.2) is 4.79 Å². The molecule has 24 heavy (non-hydrogen) atoms. The molecule has 1 heterocycles. The second kappa shape index (κ2) is 7.81. The van der Waals surface area contributed by atoms with Crippen LogP contribution in [0.15, 0.2) is 53.0 Å². The summed E-state index contributed by atoms with van der Waals surface area (Å²) in [5, 5.41) is 2.96. The Balaban J connectivity index is 1.51. The van der Waals surface area contributed by atoms with E-state index in [-0.39, 0.29) is 6.03 Å². The fourth-order valence-electron chi connectivity index (χ4n) is 2.91. The highest BCUT2D eigenvalue weighted by atomic mass is 79.9. The number of anilines is 1. The largest absolute Gasteiger partial charge is 0.322 e. The highest BCUT2D eigenvalue weighted by Crippen LogP contribution is 2.17. The molecule has 0 saturated carbocycles. The van der Waals surface area contributed by atoms with E-state index >= 15 is 0 Å². The number of amides is 2. The van der Waals surface area contributed by atoms with Crippen molar-refractivity contribution in [2.75, 3.05) is 31.5 Å². The van der Waals surface area contributed by atoms with Gasteiger partial charge in [-0.1, -0.05) is 46.3 Å². The van der Waals surface area contributed by atoms with Gasteiger partial charge in [0.15, 0.2) is 0 Å². The fraction of sp³-hybridized carbons (Fsp3) is 0.316. The second-order valence-electron chi connectivity index (χ2n) is 6.13. The van der Waals surface area contributed by atoms with E-state index in [2.05, 4.69) is 57.3 Å². The van der Waals surface area contributed by atoms with Crippen molar-refractivity contribution in [2.45, 2.75) is 13.5 Å². The Morgan fingerprint density at radius 1 is 1.08 bits per heavy atom. The molecule has 5 heteroatoms. The Kier molecular flexibility index (Phi) is 5.53. The summed E-state index contributed by atoms with van der Waals surface area (Å²) in [6.45, 7) is 6.42. The van der Waals surface area contributed by atoms with E-state index in [0.717, 1.165) is 42.9 Å². The van der Waals surface area contributed by atoms with Crippen LogP contribution in [0, 0.1) is 6.92 Å². The summed E-state index contributed by atoms with van der Waals surface area (Å²) in [6, 6.07) is 16.1. The Bertz CT molecular complexity index is 711. The SMILES string of the molecule is Cc1ccccc1CN1CCN(C(=O)Nc2cccc(Br)c2)CC1. The Morgan fingerprint density at radius 3 is 2.54 bits per heavy atom. The summed E-state index contributed by atoms with van der Waals surface area (Å²) in [4.78, 5) is 16.7. The molecule has 2 amide bonds. The lowest BCUT2D eigenvalue weighted by Crippen LogP contribution is -2.49. The first kappa shape index (κ1) is 17.0. The highest BCUT2D eigenvalue weighted by Gasteiger charge is 2.21. The molecule has 126 valence electrons. The van der Waals surface area contributed by atoms with Gasteiger partial charge < -0.3 is 10.2 Å². The predicted molar refractivity (Wildman–Crippen MR) is 101 cm³/mol. The smallest absolute Gasteiger partial charge is 0.321 e. The van der Waals surface area contributed by atoms with Crippen LogP contribution in [0.4, 0.5) is 10.5 Å². The Morgan fingerprint density at radius 2 is 1.83 bits per heavy atom. The number of nitrogens with one attached hydrogen (secondary N) is 1. The highest BCUT2D eigenvalue weighted by molar-refractivity contribution is 9.10. The van der Waals surface area contributed by atoms with Crippen LogP contribution in [0.2, 0.25) is 0 Å². The van der Waals surface area contributed by atoms with Crippen molar-refractivity contribution in [3.8, 4) is 0 Å². The van der Waals surface area contributed by atoms with E-state index in [1.165, 1.54) is 11.1 Å². The summed E-state index contributed by atoms with van der Waals surface area (Å²) < 4.78 is 0.961. The predicted octanol–water partition coefficient (Wildman–Crippen LogP) is 4.11. The number of halogens is 1. The van der Waals surface area contributed by atoms with Gasteiger partial charge >= 0.3 is 6.03 Å². The van der Waals surface area contributed by atoms with Crippen LogP contribution in [0.25, 0.3) is 0 Å².